The van der Waals surface area contributed by atoms with E-state index in [-0.39, 0.29) is 0 Å². The van der Waals surface area contributed by atoms with Crippen molar-refractivity contribution >= 4 is 11.9 Å². The van der Waals surface area contributed by atoms with Crippen molar-refractivity contribution in [2.45, 2.75) is 6.54 Å². The van der Waals surface area contributed by atoms with E-state index in [9.17, 15) is 0 Å². The fourth-order valence-corrected chi connectivity index (χ4v) is 1.60. The molecule has 0 fully saturated rings. The van der Waals surface area contributed by atoms with Gasteiger partial charge < -0.3 is 5.32 Å². The van der Waals surface area contributed by atoms with Gasteiger partial charge in [-0.05, 0) is 17.2 Å². The van der Waals surface area contributed by atoms with Crippen molar-refractivity contribution in [2.24, 2.45) is 0 Å². The number of nitrogens with one attached hydrogen (secondary N) is 2. The molecule has 2 rings (SSSR count). The van der Waals surface area contributed by atoms with Gasteiger partial charge in [-0.15, -0.1) is 0 Å². The molecule has 0 spiro atoms. The summed E-state index contributed by atoms with van der Waals surface area (Å²) in [6, 6.07) is 20.1. The summed E-state index contributed by atoms with van der Waals surface area (Å²) >= 11 is 0. The molecule has 2 N–H and O–H groups in total. The van der Waals surface area contributed by atoms with E-state index in [2.05, 4.69) is 5.32 Å². The van der Waals surface area contributed by atoms with Gasteiger partial charge in [-0.25, -0.2) is 0 Å². The molecule has 2 heteroatoms. The van der Waals surface area contributed by atoms with Crippen LogP contribution < -0.4 is 5.32 Å². The number of hydrogen-bond donors (Lipinski definition) is 2. The highest BCUT2D eigenvalue weighted by molar-refractivity contribution is 5.93. The van der Waals surface area contributed by atoms with Gasteiger partial charge in [-0.3, -0.25) is 5.41 Å². The lowest BCUT2D eigenvalue weighted by atomic mass is 10.2. The predicted octanol–water partition coefficient (Wildman–Crippen LogP) is 3.47. The third-order valence-electron chi connectivity index (χ3n) is 2.57. The molecule has 0 aliphatic rings. The van der Waals surface area contributed by atoms with Crippen LogP contribution in [-0.2, 0) is 6.54 Å². The first-order valence-electron chi connectivity index (χ1n) is 5.94. The molecule has 0 atom stereocenters. The Labute approximate surface area is 107 Å². The van der Waals surface area contributed by atoms with E-state index in [1.165, 1.54) is 5.56 Å². The second kappa shape index (κ2) is 6.40. The third kappa shape index (κ3) is 3.91. The van der Waals surface area contributed by atoms with Crippen LogP contribution in [0.3, 0.4) is 0 Å². The van der Waals surface area contributed by atoms with Crippen LogP contribution in [0, 0.1) is 5.41 Å². The molecule has 0 heterocycles. The average molecular weight is 236 g/mol. The first kappa shape index (κ1) is 12.1. The minimum Gasteiger partial charge on any atom is -0.366 e. The van der Waals surface area contributed by atoms with E-state index in [1.807, 2.05) is 66.7 Å². The van der Waals surface area contributed by atoms with E-state index < -0.39 is 0 Å². The van der Waals surface area contributed by atoms with Crippen LogP contribution in [0.15, 0.2) is 66.7 Å². The van der Waals surface area contributed by atoms with E-state index in [1.54, 1.807) is 6.08 Å². The smallest absolute Gasteiger partial charge is 0.118 e. The predicted molar refractivity (Wildman–Crippen MR) is 76.5 cm³/mol. The lowest BCUT2D eigenvalue weighted by molar-refractivity contribution is 0.912. The van der Waals surface area contributed by atoms with E-state index in [4.69, 9.17) is 5.41 Å². The molecule has 0 amide bonds. The Morgan fingerprint density at radius 2 is 1.56 bits per heavy atom. The molecule has 0 saturated heterocycles. The zero-order valence-electron chi connectivity index (χ0n) is 10.1. The summed E-state index contributed by atoms with van der Waals surface area (Å²) in [5, 5.41) is 10.9. The van der Waals surface area contributed by atoms with Crippen molar-refractivity contribution in [1.82, 2.24) is 5.32 Å². The quantitative estimate of drug-likeness (QED) is 0.619. The number of rotatable bonds is 4. The van der Waals surface area contributed by atoms with Gasteiger partial charge in [0.15, 0.2) is 0 Å². The molecule has 2 aromatic carbocycles. The maximum atomic E-state index is 7.79. The summed E-state index contributed by atoms with van der Waals surface area (Å²) in [5.41, 5.74) is 2.28. The minimum atomic E-state index is 0.419. The Kier molecular flexibility index (Phi) is 4.31. The van der Waals surface area contributed by atoms with Crippen molar-refractivity contribution in [3.05, 3.63) is 77.9 Å². The van der Waals surface area contributed by atoms with Crippen LogP contribution in [0.2, 0.25) is 0 Å². The maximum Gasteiger partial charge on any atom is 0.118 e. The Morgan fingerprint density at radius 1 is 0.944 bits per heavy atom. The molecule has 0 aromatic heterocycles. The molecular formula is C16H16N2. The molecular weight excluding hydrogens is 220 g/mol. The van der Waals surface area contributed by atoms with Gasteiger partial charge in [-0.1, -0.05) is 66.7 Å². The summed E-state index contributed by atoms with van der Waals surface area (Å²) in [6.07, 6.45) is 3.71. The highest BCUT2D eigenvalue weighted by atomic mass is 14.9. The molecule has 18 heavy (non-hydrogen) atoms. The van der Waals surface area contributed by atoms with Gasteiger partial charge in [0.25, 0.3) is 0 Å². The molecule has 0 aliphatic carbocycles. The average Bonchev–Trinajstić information content (AvgIpc) is 2.45. The second-order valence-electron chi connectivity index (χ2n) is 4.00. The Balaban J connectivity index is 1.84. The summed E-state index contributed by atoms with van der Waals surface area (Å²) < 4.78 is 0. The second-order valence-corrected chi connectivity index (χ2v) is 4.00. The molecule has 0 radical (unpaired) electrons. The highest BCUT2D eigenvalue weighted by Crippen LogP contribution is 2.01. The standard InChI is InChI=1S/C16H16N2/c17-16(12-11-14-7-3-1-4-8-14)18-13-15-9-5-2-6-10-15/h1-12H,13H2,(H2,17,18). The van der Waals surface area contributed by atoms with Crippen molar-refractivity contribution < 1.29 is 0 Å². The first-order chi connectivity index (χ1) is 8.84. The summed E-state index contributed by atoms with van der Waals surface area (Å²) in [4.78, 5) is 0. The van der Waals surface area contributed by atoms with Gasteiger partial charge >= 0.3 is 0 Å². The summed E-state index contributed by atoms with van der Waals surface area (Å²) in [7, 11) is 0. The summed E-state index contributed by atoms with van der Waals surface area (Å²) in [5.74, 6) is 0.419. The number of amidine groups is 1. The zero-order valence-corrected chi connectivity index (χ0v) is 10.1. The van der Waals surface area contributed by atoms with Gasteiger partial charge in [0.1, 0.15) is 5.84 Å². The van der Waals surface area contributed by atoms with Gasteiger partial charge in [0, 0.05) is 6.54 Å². The fraction of sp³-hybridized carbons (Fsp3) is 0.0625. The lowest BCUT2D eigenvalue weighted by Crippen LogP contribution is -2.19. The fourth-order valence-electron chi connectivity index (χ4n) is 1.60. The third-order valence-corrected chi connectivity index (χ3v) is 2.57. The summed E-state index contributed by atoms with van der Waals surface area (Å²) in [6.45, 7) is 0.679. The molecule has 0 unspecified atom stereocenters. The molecule has 2 aromatic rings. The van der Waals surface area contributed by atoms with Gasteiger partial charge in [0.2, 0.25) is 0 Å². The molecule has 90 valence electrons. The first-order valence-corrected chi connectivity index (χ1v) is 5.94. The number of benzene rings is 2. The van der Waals surface area contributed by atoms with E-state index >= 15 is 0 Å². The van der Waals surface area contributed by atoms with Crippen LogP contribution in [0.5, 0.6) is 0 Å². The van der Waals surface area contributed by atoms with Crippen LogP contribution >= 0.6 is 0 Å². The van der Waals surface area contributed by atoms with Crippen LogP contribution in [0.4, 0.5) is 0 Å². The Hall–Kier alpha value is -2.35. The zero-order chi connectivity index (χ0) is 12.6. The van der Waals surface area contributed by atoms with Crippen molar-refractivity contribution in [3.8, 4) is 0 Å². The molecule has 0 bridgehead atoms. The minimum absolute atomic E-state index is 0.419. The molecule has 0 saturated carbocycles. The van der Waals surface area contributed by atoms with Crippen molar-refractivity contribution in [3.63, 3.8) is 0 Å². The van der Waals surface area contributed by atoms with Crippen LogP contribution in [0.25, 0.3) is 6.08 Å². The SMILES string of the molecule is N=C(C=Cc1ccccc1)NCc1ccccc1. The van der Waals surface area contributed by atoms with Crippen LogP contribution in [0.1, 0.15) is 11.1 Å². The molecule has 0 aliphatic heterocycles. The van der Waals surface area contributed by atoms with Crippen molar-refractivity contribution in [2.75, 3.05) is 0 Å². The Bertz CT molecular complexity index is 515. The number of hydrogen-bond acceptors (Lipinski definition) is 1. The van der Waals surface area contributed by atoms with E-state index in [0.29, 0.717) is 12.4 Å². The van der Waals surface area contributed by atoms with Crippen LogP contribution in [-0.4, -0.2) is 5.84 Å². The van der Waals surface area contributed by atoms with Crippen molar-refractivity contribution in [1.29, 1.82) is 5.41 Å². The van der Waals surface area contributed by atoms with Gasteiger partial charge in [0.05, 0.1) is 0 Å². The largest absolute Gasteiger partial charge is 0.366 e. The molecule has 2 nitrogen and oxygen atoms in total. The highest BCUT2D eigenvalue weighted by Gasteiger charge is 1.92. The van der Waals surface area contributed by atoms with Gasteiger partial charge in [-0.2, -0.15) is 0 Å². The van der Waals surface area contributed by atoms with E-state index in [0.717, 1.165) is 5.56 Å². The topological polar surface area (TPSA) is 35.9 Å². The lowest BCUT2D eigenvalue weighted by Gasteiger charge is -2.04. The monoisotopic (exact) mass is 236 g/mol. The normalized spacial score (nSPS) is 10.4. The maximum absolute atomic E-state index is 7.79. The Morgan fingerprint density at radius 3 is 2.22 bits per heavy atom.